The number of nitrogens with one attached hydrogen (secondary N) is 1. The molecule has 0 aliphatic carbocycles. The van der Waals surface area contributed by atoms with E-state index in [4.69, 9.17) is 4.74 Å². The van der Waals surface area contributed by atoms with Gasteiger partial charge >= 0.3 is 5.97 Å². The van der Waals surface area contributed by atoms with Crippen LogP contribution in [-0.2, 0) is 21.4 Å². The van der Waals surface area contributed by atoms with Crippen LogP contribution < -0.4 is 10.9 Å². The van der Waals surface area contributed by atoms with E-state index in [0.717, 1.165) is 11.1 Å². The maximum Gasteiger partial charge on any atom is 0.305 e. The van der Waals surface area contributed by atoms with Crippen LogP contribution >= 0.6 is 23.1 Å². The summed E-state index contributed by atoms with van der Waals surface area (Å²) in [4.78, 5) is 41.9. The molecule has 9 heteroatoms. The third kappa shape index (κ3) is 5.58. The molecule has 170 valence electrons. The second kappa shape index (κ2) is 10.8. The number of hydrogen-bond donors (Lipinski definition) is 1. The minimum absolute atomic E-state index is 0.123. The van der Waals surface area contributed by atoms with E-state index in [2.05, 4.69) is 36.3 Å². The lowest BCUT2D eigenvalue weighted by molar-refractivity contribution is -0.143. The Morgan fingerprint density at radius 1 is 1.25 bits per heavy atom. The number of hydrogen-bond acceptors (Lipinski definition) is 7. The molecule has 0 atom stereocenters. The summed E-state index contributed by atoms with van der Waals surface area (Å²) in [6, 6.07) is 6.17. The largest absolute Gasteiger partial charge is 0.466 e. The first kappa shape index (κ1) is 24.0. The molecule has 2 heterocycles. The number of nitrogens with zero attached hydrogens (tertiary/aromatic N) is 2. The van der Waals surface area contributed by atoms with Crippen molar-refractivity contribution in [2.75, 3.05) is 18.9 Å². The van der Waals surface area contributed by atoms with Crippen LogP contribution in [0.2, 0.25) is 0 Å². The normalized spacial score (nSPS) is 11.0. The molecule has 0 aliphatic rings. The molecule has 2 aromatic heterocycles. The predicted octanol–water partition coefficient (Wildman–Crippen LogP) is 3.83. The van der Waals surface area contributed by atoms with Crippen molar-refractivity contribution in [3.63, 3.8) is 0 Å². The lowest BCUT2D eigenvalue weighted by Crippen LogP contribution is -2.27. The minimum atomic E-state index is -0.264. The molecular formula is C23H27N3O4S2. The zero-order valence-electron chi connectivity index (χ0n) is 18.7. The van der Waals surface area contributed by atoms with Gasteiger partial charge in [-0.3, -0.25) is 19.0 Å². The number of fused-ring (bicyclic) bond motifs is 1. The molecule has 1 aromatic carbocycles. The third-order valence-electron chi connectivity index (χ3n) is 5.11. The van der Waals surface area contributed by atoms with Crippen molar-refractivity contribution in [2.24, 2.45) is 7.05 Å². The maximum atomic E-state index is 13.1. The summed E-state index contributed by atoms with van der Waals surface area (Å²) in [7, 11) is 1.68. The van der Waals surface area contributed by atoms with E-state index in [-0.39, 0.29) is 29.6 Å². The molecule has 0 spiro atoms. The zero-order valence-corrected chi connectivity index (χ0v) is 20.3. The smallest absolute Gasteiger partial charge is 0.305 e. The predicted molar refractivity (Wildman–Crippen MR) is 129 cm³/mol. The van der Waals surface area contributed by atoms with Crippen molar-refractivity contribution in [2.45, 2.75) is 38.8 Å². The number of benzene rings is 1. The second-order valence-electron chi connectivity index (χ2n) is 7.43. The molecule has 1 N–H and O–H groups in total. The van der Waals surface area contributed by atoms with Gasteiger partial charge < -0.3 is 10.1 Å². The lowest BCUT2D eigenvalue weighted by Gasteiger charge is -2.09. The van der Waals surface area contributed by atoms with Gasteiger partial charge in [0.25, 0.3) is 5.56 Å². The van der Waals surface area contributed by atoms with Gasteiger partial charge in [-0.15, -0.1) is 11.3 Å². The highest BCUT2D eigenvalue weighted by Crippen LogP contribution is 2.32. The Morgan fingerprint density at radius 2 is 2.03 bits per heavy atom. The maximum absolute atomic E-state index is 13.1. The molecule has 0 radical (unpaired) electrons. The van der Waals surface area contributed by atoms with Gasteiger partial charge in [0.05, 0.1) is 17.7 Å². The van der Waals surface area contributed by atoms with Gasteiger partial charge in [-0.1, -0.05) is 30.0 Å². The Bertz CT molecular complexity index is 1200. The first-order chi connectivity index (χ1) is 15.3. The van der Waals surface area contributed by atoms with Crippen LogP contribution in [0.3, 0.4) is 0 Å². The molecule has 7 nitrogen and oxygen atoms in total. The summed E-state index contributed by atoms with van der Waals surface area (Å²) >= 11 is 2.65. The number of carbonyl (C=O) groups excluding carboxylic acids is 2. The number of carbonyl (C=O) groups is 2. The van der Waals surface area contributed by atoms with Crippen molar-refractivity contribution >= 4 is 45.2 Å². The van der Waals surface area contributed by atoms with Crippen LogP contribution in [-0.4, -0.2) is 40.3 Å². The van der Waals surface area contributed by atoms with E-state index in [1.54, 1.807) is 14.0 Å². The van der Waals surface area contributed by atoms with E-state index in [0.29, 0.717) is 34.9 Å². The lowest BCUT2D eigenvalue weighted by atomic mass is 10.0. The summed E-state index contributed by atoms with van der Waals surface area (Å²) < 4.78 is 6.36. The highest BCUT2D eigenvalue weighted by molar-refractivity contribution is 7.99. The Hall–Kier alpha value is -2.65. The molecule has 0 saturated heterocycles. The molecule has 0 bridgehead atoms. The Morgan fingerprint density at radius 3 is 2.75 bits per heavy atom. The number of rotatable bonds is 9. The molecule has 0 unspecified atom stereocenters. The van der Waals surface area contributed by atoms with Crippen molar-refractivity contribution in [3.05, 3.63) is 45.1 Å². The van der Waals surface area contributed by atoms with Crippen LogP contribution in [0.4, 0.5) is 0 Å². The number of ether oxygens (including phenoxy) is 1. The summed E-state index contributed by atoms with van der Waals surface area (Å²) in [5, 5.41) is 5.85. The average Bonchev–Trinajstić information content (AvgIpc) is 3.19. The fraction of sp³-hybridized carbons (Fsp3) is 0.391. The van der Waals surface area contributed by atoms with Gasteiger partial charge in [0.1, 0.15) is 4.83 Å². The third-order valence-corrected chi connectivity index (χ3v) is 7.01. The first-order valence-corrected chi connectivity index (χ1v) is 12.3. The minimum Gasteiger partial charge on any atom is -0.466 e. The van der Waals surface area contributed by atoms with Crippen LogP contribution in [0.1, 0.15) is 30.9 Å². The molecule has 0 saturated carbocycles. The van der Waals surface area contributed by atoms with Crippen LogP contribution in [0, 0.1) is 13.8 Å². The SMILES string of the molecule is CCOC(=O)CCCNC(=O)CSc1nc2scc(-c3ccc(C)c(C)c3)c2c(=O)n1C. The van der Waals surface area contributed by atoms with E-state index in [9.17, 15) is 14.4 Å². The molecule has 3 aromatic rings. The van der Waals surface area contributed by atoms with Gasteiger partial charge in [0.2, 0.25) is 5.91 Å². The number of aryl methyl sites for hydroxylation is 2. The number of aromatic nitrogens is 2. The van der Waals surface area contributed by atoms with Crippen molar-refractivity contribution in [1.82, 2.24) is 14.9 Å². The van der Waals surface area contributed by atoms with Crippen molar-refractivity contribution in [1.29, 1.82) is 0 Å². The summed E-state index contributed by atoms with van der Waals surface area (Å²) in [6.07, 6.45) is 0.795. The monoisotopic (exact) mass is 473 g/mol. The summed E-state index contributed by atoms with van der Waals surface area (Å²) in [5.41, 5.74) is 4.14. The fourth-order valence-corrected chi connectivity index (χ4v) is 4.97. The van der Waals surface area contributed by atoms with Gasteiger partial charge in [0.15, 0.2) is 5.16 Å². The topological polar surface area (TPSA) is 90.3 Å². The highest BCUT2D eigenvalue weighted by atomic mass is 32.2. The number of esters is 1. The molecule has 3 rings (SSSR count). The molecule has 0 aliphatic heterocycles. The Kier molecular flexibility index (Phi) is 8.09. The quantitative estimate of drug-likeness (QED) is 0.220. The van der Waals surface area contributed by atoms with Gasteiger partial charge in [-0.25, -0.2) is 4.98 Å². The Labute approximate surface area is 195 Å². The van der Waals surface area contributed by atoms with Crippen molar-refractivity contribution in [3.8, 4) is 11.1 Å². The van der Waals surface area contributed by atoms with E-state index in [1.807, 2.05) is 11.4 Å². The van der Waals surface area contributed by atoms with Gasteiger partial charge in [-0.05, 0) is 43.9 Å². The molecule has 1 amide bonds. The van der Waals surface area contributed by atoms with E-state index in [1.165, 1.54) is 38.8 Å². The van der Waals surface area contributed by atoms with Crippen molar-refractivity contribution < 1.29 is 14.3 Å². The van der Waals surface area contributed by atoms with Crippen LogP contribution in [0.25, 0.3) is 21.3 Å². The standard InChI is InChI=1S/C23H27N3O4S2/c1-5-30-19(28)7-6-10-24-18(27)13-32-23-25-21-20(22(29)26(23)4)17(12-31-21)16-9-8-14(2)15(3)11-16/h8-9,11-12H,5-7,10,13H2,1-4H3,(H,24,27). The molecule has 32 heavy (non-hydrogen) atoms. The zero-order chi connectivity index (χ0) is 23.3. The molecular weight excluding hydrogens is 446 g/mol. The van der Waals surface area contributed by atoms with Crippen LogP contribution in [0.15, 0.2) is 33.5 Å². The van der Waals surface area contributed by atoms with E-state index < -0.39 is 0 Å². The highest BCUT2D eigenvalue weighted by Gasteiger charge is 2.17. The van der Waals surface area contributed by atoms with E-state index >= 15 is 0 Å². The van der Waals surface area contributed by atoms with Gasteiger partial charge in [-0.2, -0.15) is 0 Å². The fourth-order valence-electron chi connectivity index (χ4n) is 3.18. The summed E-state index contributed by atoms with van der Waals surface area (Å²) in [5.74, 6) is -0.296. The average molecular weight is 474 g/mol. The van der Waals surface area contributed by atoms with Crippen LogP contribution in [0.5, 0.6) is 0 Å². The Balaban J connectivity index is 1.68. The summed E-state index contributed by atoms with van der Waals surface area (Å²) in [6.45, 7) is 6.63. The number of thioether (sulfide) groups is 1. The number of thiophene rings is 1. The first-order valence-electron chi connectivity index (χ1n) is 10.4. The second-order valence-corrected chi connectivity index (χ2v) is 9.23. The van der Waals surface area contributed by atoms with Gasteiger partial charge in [0, 0.05) is 31.0 Å². The molecule has 0 fully saturated rings. The number of amides is 1.